The van der Waals surface area contributed by atoms with E-state index >= 15 is 0 Å². The van der Waals surface area contributed by atoms with Crippen molar-refractivity contribution in [2.75, 3.05) is 19.0 Å². The molecule has 6 nitrogen and oxygen atoms in total. The third kappa shape index (κ3) is 6.25. The van der Waals surface area contributed by atoms with Crippen LogP contribution in [0.25, 0.3) is 6.08 Å². The first-order chi connectivity index (χ1) is 14.9. The molecule has 1 saturated heterocycles. The molecular formula is C22H19BrN2O4S2. The minimum Gasteiger partial charge on any atom is -0.465 e. The second-order valence-corrected chi connectivity index (χ2v) is 9.20. The smallest absolute Gasteiger partial charge is 0.337 e. The van der Waals surface area contributed by atoms with Gasteiger partial charge in [0, 0.05) is 23.1 Å². The van der Waals surface area contributed by atoms with Crippen LogP contribution >= 0.6 is 39.9 Å². The molecule has 0 saturated carbocycles. The first kappa shape index (κ1) is 23.2. The summed E-state index contributed by atoms with van der Waals surface area (Å²) >= 11 is 9.93. The van der Waals surface area contributed by atoms with Crippen LogP contribution in [0.3, 0.4) is 0 Å². The average Bonchev–Trinajstić information content (AvgIpc) is 3.01. The van der Waals surface area contributed by atoms with E-state index in [2.05, 4.69) is 26.0 Å². The maximum absolute atomic E-state index is 12.7. The van der Waals surface area contributed by atoms with Gasteiger partial charge in [0.2, 0.25) is 5.91 Å². The maximum atomic E-state index is 12.7. The number of amides is 2. The molecule has 1 aliphatic heterocycles. The molecule has 0 spiro atoms. The van der Waals surface area contributed by atoms with Crippen LogP contribution in [0.2, 0.25) is 0 Å². The molecule has 2 amide bonds. The highest BCUT2D eigenvalue weighted by atomic mass is 79.9. The van der Waals surface area contributed by atoms with Gasteiger partial charge in [-0.15, -0.1) is 0 Å². The van der Waals surface area contributed by atoms with Crippen LogP contribution in [0, 0.1) is 0 Å². The number of ether oxygens (including phenoxy) is 1. The molecule has 1 N–H and O–H groups in total. The van der Waals surface area contributed by atoms with Crippen molar-refractivity contribution in [1.82, 2.24) is 4.90 Å². The van der Waals surface area contributed by atoms with Gasteiger partial charge in [0.15, 0.2) is 0 Å². The SMILES string of the molecule is COC(=O)c1ccc(C=C2SC(=S)N(CCCC(=O)Nc3cccc(Br)c3)C2=O)cc1. The van der Waals surface area contributed by atoms with E-state index in [9.17, 15) is 14.4 Å². The number of nitrogens with one attached hydrogen (secondary N) is 1. The predicted octanol–water partition coefficient (Wildman–Crippen LogP) is 4.86. The van der Waals surface area contributed by atoms with E-state index in [0.29, 0.717) is 33.4 Å². The zero-order chi connectivity index (χ0) is 22.4. The lowest BCUT2D eigenvalue weighted by atomic mass is 10.1. The van der Waals surface area contributed by atoms with Gasteiger partial charge >= 0.3 is 5.97 Å². The first-order valence-corrected chi connectivity index (χ1v) is 11.4. The first-order valence-electron chi connectivity index (χ1n) is 9.36. The lowest BCUT2D eigenvalue weighted by Crippen LogP contribution is -2.29. The van der Waals surface area contributed by atoms with Gasteiger partial charge < -0.3 is 10.1 Å². The van der Waals surface area contributed by atoms with Crippen molar-refractivity contribution in [3.63, 3.8) is 0 Å². The standard InChI is InChI=1S/C22H19BrN2O4S2/c1-29-21(28)15-9-7-14(8-10-15)12-18-20(27)25(22(30)31-18)11-3-6-19(26)24-17-5-2-4-16(23)13-17/h2,4-5,7-10,12-13H,3,6,11H2,1H3,(H,24,26). The van der Waals surface area contributed by atoms with E-state index in [1.54, 1.807) is 30.3 Å². The van der Waals surface area contributed by atoms with Gasteiger partial charge in [-0.05, 0) is 48.4 Å². The van der Waals surface area contributed by atoms with Crippen LogP contribution in [-0.2, 0) is 14.3 Å². The largest absolute Gasteiger partial charge is 0.465 e. The van der Waals surface area contributed by atoms with Crippen LogP contribution in [-0.4, -0.2) is 40.7 Å². The van der Waals surface area contributed by atoms with E-state index in [4.69, 9.17) is 12.2 Å². The molecule has 1 fully saturated rings. The van der Waals surface area contributed by atoms with E-state index in [0.717, 1.165) is 10.0 Å². The Morgan fingerprint density at radius 1 is 1.23 bits per heavy atom. The molecule has 0 atom stereocenters. The molecule has 0 bridgehead atoms. The highest BCUT2D eigenvalue weighted by Crippen LogP contribution is 2.32. The number of thioether (sulfide) groups is 1. The van der Waals surface area contributed by atoms with Crippen molar-refractivity contribution in [3.05, 3.63) is 69.0 Å². The molecular weight excluding hydrogens is 500 g/mol. The van der Waals surface area contributed by atoms with Gasteiger partial charge in [0.25, 0.3) is 5.91 Å². The molecule has 2 aromatic rings. The lowest BCUT2D eigenvalue weighted by molar-refractivity contribution is -0.122. The van der Waals surface area contributed by atoms with Crippen LogP contribution in [0.1, 0.15) is 28.8 Å². The number of nitrogens with zero attached hydrogens (tertiary/aromatic N) is 1. The van der Waals surface area contributed by atoms with Crippen LogP contribution < -0.4 is 5.32 Å². The summed E-state index contributed by atoms with van der Waals surface area (Å²) in [5, 5.41) is 2.83. The maximum Gasteiger partial charge on any atom is 0.337 e. The van der Waals surface area contributed by atoms with Crippen molar-refractivity contribution in [3.8, 4) is 0 Å². The van der Waals surface area contributed by atoms with Gasteiger partial charge in [-0.25, -0.2) is 4.79 Å². The zero-order valence-electron chi connectivity index (χ0n) is 16.6. The zero-order valence-corrected chi connectivity index (χ0v) is 19.8. The minimum absolute atomic E-state index is 0.121. The molecule has 0 aliphatic carbocycles. The number of thiocarbonyl (C=S) groups is 1. The Labute approximate surface area is 198 Å². The molecule has 31 heavy (non-hydrogen) atoms. The van der Waals surface area contributed by atoms with Gasteiger partial charge in [-0.2, -0.15) is 0 Å². The van der Waals surface area contributed by atoms with Gasteiger partial charge in [0.05, 0.1) is 17.6 Å². The summed E-state index contributed by atoms with van der Waals surface area (Å²) in [5.41, 5.74) is 1.93. The van der Waals surface area contributed by atoms with Crippen molar-refractivity contribution in [2.45, 2.75) is 12.8 Å². The fourth-order valence-corrected chi connectivity index (χ4v) is 4.57. The lowest BCUT2D eigenvalue weighted by Gasteiger charge is -2.14. The highest BCUT2D eigenvalue weighted by molar-refractivity contribution is 9.10. The third-order valence-electron chi connectivity index (χ3n) is 4.40. The summed E-state index contributed by atoms with van der Waals surface area (Å²) in [6, 6.07) is 14.1. The number of carbonyl (C=O) groups excluding carboxylic acids is 3. The van der Waals surface area contributed by atoms with Crippen LogP contribution in [0.5, 0.6) is 0 Å². The van der Waals surface area contributed by atoms with Crippen molar-refractivity contribution < 1.29 is 19.1 Å². The Kier molecular flexibility index (Phi) is 8.00. The highest BCUT2D eigenvalue weighted by Gasteiger charge is 2.31. The molecule has 0 unspecified atom stereocenters. The molecule has 3 rings (SSSR count). The van der Waals surface area contributed by atoms with Crippen molar-refractivity contribution in [2.24, 2.45) is 0 Å². The topological polar surface area (TPSA) is 75.7 Å². The number of hydrogen-bond acceptors (Lipinski definition) is 6. The molecule has 2 aromatic carbocycles. The summed E-state index contributed by atoms with van der Waals surface area (Å²) in [5.74, 6) is -0.717. The predicted molar refractivity (Wildman–Crippen MR) is 130 cm³/mol. The Bertz CT molecular complexity index is 1050. The fourth-order valence-electron chi connectivity index (χ4n) is 2.86. The number of hydrogen-bond donors (Lipinski definition) is 1. The van der Waals surface area contributed by atoms with E-state index < -0.39 is 5.97 Å². The summed E-state index contributed by atoms with van der Waals surface area (Å²) in [6.07, 6.45) is 2.51. The molecule has 9 heteroatoms. The summed E-state index contributed by atoms with van der Waals surface area (Å²) in [4.78, 5) is 38.4. The minimum atomic E-state index is -0.415. The molecule has 0 aromatic heterocycles. The summed E-state index contributed by atoms with van der Waals surface area (Å²) in [7, 11) is 1.33. The van der Waals surface area contributed by atoms with Crippen molar-refractivity contribution in [1.29, 1.82) is 0 Å². The number of esters is 1. The second-order valence-electron chi connectivity index (χ2n) is 6.61. The number of rotatable bonds is 7. The van der Waals surface area contributed by atoms with Gasteiger partial charge in [-0.1, -0.05) is 58.1 Å². The summed E-state index contributed by atoms with van der Waals surface area (Å²) in [6.45, 7) is 0.370. The van der Waals surface area contributed by atoms with E-state index in [1.807, 2.05) is 24.3 Å². The second kappa shape index (κ2) is 10.7. The fraction of sp³-hybridized carbons (Fsp3) is 0.182. The quantitative estimate of drug-likeness (QED) is 0.320. The third-order valence-corrected chi connectivity index (χ3v) is 6.27. The van der Waals surface area contributed by atoms with Crippen LogP contribution in [0.4, 0.5) is 5.69 Å². The van der Waals surface area contributed by atoms with Gasteiger partial charge in [-0.3, -0.25) is 14.5 Å². The molecule has 1 aliphatic rings. The van der Waals surface area contributed by atoms with Gasteiger partial charge in [0.1, 0.15) is 4.32 Å². The Morgan fingerprint density at radius 3 is 2.65 bits per heavy atom. The molecule has 0 radical (unpaired) electrons. The Hall–Kier alpha value is -2.49. The Morgan fingerprint density at radius 2 is 1.97 bits per heavy atom. The number of halogens is 1. The number of benzene rings is 2. The number of methoxy groups -OCH3 is 1. The number of carbonyl (C=O) groups is 3. The Balaban J connectivity index is 1.54. The van der Waals surface area contributed by atoms with E-state index in [-0.39, 0.29) is 18.2 Å². The molecule has 1 heterocycles. The van der Waals surface area contributed by atoms with E-state index in [1.165, 1.54) is 23.8 Å². The van der Waals surface area contributed by atoms with Crippen LogP contribution in [0.15, 0.2) is 57.9 Å². The van der Waals surface area contributed by atoms with Crippen molar-refractivity contribution >= 4 is 73.8 Å². The monoisotopic (exact) mass is 518 g/mol. The number of anilines is 1. The summed E-state index contributed by atoms with van der Waals surface area (Å²) < 4.78 is 6.03. The normalized spacial score (nSPS) is 14.8. The average molecular weight is 519 g/mol. The molecule has 160 valence electrons.